The van der Waals surface area contributed by atoms with Crippen LogP contribution in [0, 0.1) is 0 Å². The summed E-state index contributed by atoms with van der Waals surface area (Å²) in [6, 6.07) is 1.54. The van der Waals surface area contributed by atoms with Crippen LogP contribution in [0.3, 0.4) is 0 Å². The summed E-state index contributed by atoms with van der Waals surface area (Å²) in [5.74, 6) is 5.37. The highest BCUT2D eigenvalue weighted by Crippen LogP contribution is 2.32. The Labute approximate surface area is 118 Å². The first-order chi connectivity index (χ1) is 9.61. The number of hydrogen-bond acceptors (Lipinski definition) is 6. The van der Waals surface area contributed by atoms with Gasteiger partial charge < -0.3 is 10.5 Å². The summed E-state index contributed by atoms with van der Waals surface area (Å²) in [5.41, 5.74) is 2.72. The lowest BCUT2D eigenvalue weighted by Gasteiger charge is -2.36. The summed E-state index contributed by atoms with van der Waals surface area (Å²) in [4.78, 5) is 3.95. The SMILES string of the molecule is NNc1ccncc1S(=O)(=O)N(CCCO)C1CCC1. The molecule has 0 atom stereocenters. The van der Waals surface area contributed by atoms with Gasteiger partial charge in [-0.1, -0.05) is 6.42 Å². The first-order valence-electron chi connectivity index (χ1n) is 6.64. The molecule has 1 saturated carbocycles. The van der Waals surface area contributed by atoms with Crippen molar-refractivity contribution < 1.29 is 13.5 Å². The molecule has 0 amide bonds. The van der Waals surface area contributed by atoms with E-state index in [1.165, 1.54) is 22.8 Å². The van der Waals surface area contributed by atoms with Crippen molar-refractivity contribution >= 4 is 15.7 Å². The molecule has 0 aliphatic heterocycles. The number of hydrazine groups is 1. The molecule has 20 heavy (non-hydrogen) atoms. The number of aromatic nitrogens is 1. The first-order valence-corrected chi connectivity index (χ1v) is 8.08. The molecular formula is C12H20N4O3S. The summed E-state index contributed by atoms with van der Waals surface area (Å²) in [7, 11) is -3.66. The lowest BCUT2D eigenvalue weighted by Crippen LogP contribution is -2.45. The summed E-state index contributed by atoms with van der Waals surface area (Å²) < 4.78 is 27.0. The highest BCUT2D eigenvalue weighted by molar-refractivity contribution is 7.89. The maximum atomic E-state index is 12.8. The number of pyridine rings is 1. The molecule has 0 unspecified atom stereocenters. The molecule has 0 aromatic carbocycles. The predicted molar refractivity (Wildman–Crippen MR) is 75.3 cm³/mol. The van der Waals surface area contributed by atoms with E-state index in [9.17, 15) is 8.42 Å². The van der Waals surface area contributed by atoms with E-state index in [4.69, 9.17) is 10.9 Å². The van der Waals surface area contributed by atoms with Crippen LogP contribution < -0.4 is 11.3 Å². The number of hydrogen-bond donors (Lipinski definition) is 3. The average Bonchev–Trinajstić information content (AvgIpc) is 2.41. The predicted octanol–water partition coefficient (Wildman–Crippen LogP) is 0.293. The largest absolute Gasteiger partial charge is 0.396 e. The molecule has 2 rings (SSSR count). The second-order valence-corrected chi connectivity index (χ2v) is 6.65. The zero-order chi connectivity index (χ0) is 14.6. The third kappa shape index (κ3) is 2.93. The van der Waals surface area contributed by atoms with Gasteiger partial charge in [0, 0.05) is 31.6 Å². The van der Waals surface area contributed by atoms with Crippen molar-refractivity contribution in [1.29, 1.82) is 0 Å². The lowest BCUT2D eigenvalue weighted by atomic mass is 9.93. The molecule has 112 valence electrons. The molecule has 1 aliphatic carbocycles. The summed E-state index contributed by atoms with van der Waals surface area (Å²) in [6.45, 7) is 0.274. The average molecular weight is 300 g/mol. The van der Waals surface area contributed by atoms with Crippen LogP contribution in [0.4, 0.5) is 5.69 Å². The molecule has 0 radical (unpaired) electrons. The number of nitrogens with one attached hydrogen (secondary N) is 1. The quantitative estimate of drug-likeness (QED) is 0.493. The molecule has 4 N–H and O–H groups in total. The number of nitrogen functional groups attached to an aromatic ring is 1. The molecule has 0 bridgehead atoms. The van der Waals surface area contributed by atoms with Crippen molar-refractivity contribution in [2.75, 3.05) is 18.6 Å². The fourth-order valence-corrected chi connectivity index (χ4v) is 4.06. The zero-order valence-electron chi connectivity index (χ0n) is 11.2. The Morgan fingerprint density at radius 1 is 1.50 bits per heavy atom. The van der Waals surface area contributed by atoms with Crippen LogP contribution in [0.25, 0.3) is 0 Å². The van der Waals surface area contributed by atoms with Crippen molar-refractivity contribution in [2.24, 2.45) is 5.84 Å². The Kier molecular flexibility index (Phi) is 4.92. The van der Waals surface area contributed by atoms with Gasteiger partial charge in [0.05, 0.1) is 5.69 Å². The van der Waals surface area contributed by atoms with E-state index < -0.39 is 10.0 Å². The van der Waals surface area contributed by atoms with Crippen LogP contribution in [0.1, 0.15) is 25.7 Å². The van der Waals surface area contributed by atoms with Gasteiger partial charge in [0.15, 0.2) is 0 Å². The van der Waals surface area contributed by atoms with Crippen LogP contribution in [0.2, 0.25) is 0 Å². The monoisotopic (exact) mass is 300 g/mol. The number of aliphatic hydroxyl groups excluding tert-OH is 1. The van der Waals surface area contributed by atoms with Gasteiger partial charge in [-0.15, -0.1) is 0 Å². The van der Waals surface area contributed by atoms with Gasteiger partial charge in [0.25, 0.3) is 0 Å². The molecular weight excluding hydrogens is 280 g/mol. The van der Waals surface area contributed by atoms with Crippen LogP contribution in [-0.4, -0.2) is 42.0 Å². The maximum absolute atomic E-state index is 12.8. The third-order valence-electron chi connectivity index (χ3n) is 3.55. The molecule has 1 aromatic heterocycles. The normalized spacial score (nSPS) is 16.1. The van der Waals surface area contributed by atoms with Crippen molar-refractivity contribution in [2.45, 2.75) is 36.6 Å². The fraction of sp³-hybridized carbons (Fsp3) is 0.583. The van der Waals surface area contributed by atoms with Crippen LogP contribution >= 0.6 is 0 Å². The molecule has 1 fully saturated rings. The second kappa shape index (κ2) is 6.49. The van der Waals surface area contributed by atoms with E-state index in [-0.39, 0.29) is 17.5 Å². The van der Waals surface area contributed by atoms with Crippen molar-refractivity contribution in [3.05, 3.63) is 18.5 Å². The van der Waals surface area contributed by atoms with E-state index in [2.05, 4.69) is 10.4 Å². The minimum atomic E-state index is -3.66. The molecule has 1 aliphatic rings. The van der Waals surface area contributed by atoms with E-state index >= 15 is 0 Å². The summed E-state index contributed by atoms with van der Waals surface area (Å²) in [6.07, 6.45) is 5.95. The van der Waals surface area contributed by atoms with Gasteiger partial charge in [0.1, 0.15) is 4.90 Å². The van der Waals surface area contributed by atoms with Crippen LogP contribution in [0.5, 0.6) is 0 Å². The van der Waals surface area contributed by atoms with Crippen molar-refractivity contribution in [3.8, 4) is 0 Å². The standard InChI is InChI=1S/C12H20N4O3S/c13-15-11-5-6-14-9-12(11)20(18,19)16(7-2-8-17)10-3-1-4-10/h5-6,9-10,17H,1-4,7-8,13H2,(H,14,15). The number of aliphatic hydroxyl groups is 1. The number of rotatable bonds is 7. The topological polar surface area (TPSA) is 109 Å². The number of anilines is 1. The molecule has 0 saturated heterocycles. The van der Waals surface area contributed by atoms with E-state index in [1.807, 2.05) is 0 Å². The van der Waals surface area contributed by atoms with Gasteiger partial charge in [-0.05, 0) is 25.3 Å². The fourth-order valence-electron chi connectivity index (χ4n) is 2.23. The van der Waals surface area contributed by atoms with E-state index in [0.29, 0.717) is 18.7 Å². The summed E-state index contributed by atoms with van der Waals surface area (Å²) >= 11 is 0. The number of nitrogens with zero attached hydrogens (tertiary/aromatic N) is 2. The Balaban J connectivity index is 2.33. The Bertz CT molecular complexity index is 545. The van der Waals surface area contributed by atoms with Gasteiger partial charge in [-0.2, -0.15) is 4.31 Å². The zero-order valence-corrected chi connectivity index (χ0v) is 12.0. The van der Waals surface area contributed by atoms with Crippen LogP contribution in [-0.2, 0) is 10.0 Å². The number of sulfonamides is 1. The minimum Gasteiger partial charge on any atom is -0.396 e. The van der Waals surface area contributed by atoms with Gasteiger partial charge in [-0.3, -0.25) is 10.8 Å². The Morgan fingerprint density at radius 2 is 2.25 bits per heavy atom. The highest BCUT2D eigenvalue weighted by atomic mass is 32.2. The first kappa shape index (κ1) is 15.2. The Morgan fingerprint density at radius 3 is 2.80 bits per heavy atom. The van der Waals surface area contributed by atoms with Crippen LogP contribution in [0.15, 0.2) is 23.4 Å². The maximum Gasteiger partial charge on any atom is 0.246 e. The molecule has 8 heteroatoms. The molecule has 0 spiro atoms. The van der Waals surface area contributed by atoms with E-state index in [0.717, 1.165) is 19.3 Å². The molecule has 7 nitrogen and oxygen atoms in total. The number of nitrogens with two attached hydrogens (primary N) is 1. The summed E-state index contributed by atoms with van der Waals surface area (Å²) in [5, 5.41) is 8.96. The molecule has 1 aromatic rings. The van der Waals surface area contributed by atoms with Gasteiger partial charge >= 0.3 is 0 Å². The molecule has 1 heterocycles. The second-order valence-electron chi connectivity index (χ2n) is 4.79. The van der Waals surface area contributed by atoms with Gasteiger partial charge in [-0.25, -0.2) is 8.42 Å². The van der Waals surface area contributed by atoms with Crippen molar-refractivity contribution in [1.82, 2.24) is 9.29 Å². The third-order valence-corrected chi connectivity index (χ3v) is 5.52. The Hall–Kier alpha value is -1.22. The van der Waals surface area contributed by atoms with Gasteiger partial charge in [0.2, 0.25) is 10.0 Å². The minimum absolute atomic E-state index is 0.0115. The van der Waals surface area contributed by atoms with E-state index in [1.54, 1.807) is 0 Å². The smallest absolute Gasteiger partial charge is 0.246 e. The lowest BCUT2D eigenvalue weighted by molar-refractivity contribution is 0.198. The van der Waals surface area contributed by atoms with Crippen molar-refractivity contribution in [3.63, 3.8) is 0 Å². The highest BCUT2D eigenvalue weighted by Gasteiger charge is 2.35.